The van der Waals surface area contributed by atoms with Crippen LogP contribution in [0.5, 0.6) is 5.75 Å². The van der Waals surface area contributed by atoms with Crippen LogP contribution in [-0.2, 0) is 5.41 Å². The monoisotopic (exact) mass is 372 g/mol. The zero-order valence-corrected chi connectivity index (χ0v) is 17.9. The van der Waals surface area contributed by atoms with Gasteiger partial charge in [-0.15, -0.1) is 6.58 Å². The third kappa shape index (κ3) is 5.60. The fourth-order valence-electron chi connectivity index (χ4n) is 4.93. The van der Waals surface area contributed by atoms with Gasteiger partial charge in [-0.25, -0.2) is 0 Å². The summed E-state index contributed by atoms with van der Waals surface area (Å²) in [5.41, 5.74) is 2.28. The van der Waals surface area contributed by atoms with Crippen molar-refractivity contribution in [3.8, 4) is 5.75 Å². The number of unbranched alkanes of at least 4 members (excludes halogenated alkanes) is 3. The van der Waals surface area contributed by atoms with Gasteiger partial charge in [0.05, 0.1) is 6.10 Å². The molecule has 1 aromatic rings. The molecule has 2 heteroatoms. The Morgan fingerprint density at radius 1 is 1.19 bits per heavy atom. The second kappa shape index (κ2) is 9.78. The van der Waals surface area contributed by atoms with E-state index in [1.165, 1.54) is 31.2 Å². The minimum Gasteiger partial charge on any atom is -0.508 e. The maximum absolute atomic E-state index is 10.9. The van der Waals surface area contributed by atoms with Gasteiger partial charge in [-0.2, -0.15) is 0 Å². The SMILES string of the molecule is C=CC[C@@H]1[C@H](C)C[C@@H](O)C[C@H]1c1ccc(C(C)(C)CCCCCC)cc1O. The minimum atomic E-state index is -0.278. The number of phenolic OH excluding ortho intramolecular Hbond substituents is 1. The van der Waals surface area contributed by atoms with Gasteiger partial charge in [0.15, 0.2) is 0 Å². The molecule has 0 radical (unpaired) electrons. The highest BCUT2D eigenvalue weighted by atomic mass is 16.3. The molecule has 0 saturated heterocycles. The Hall–Kier alpha value is -1.28. The van der Waals surface area contributed by atoms with Crippen molar-refractivity contribution < 1.29 is 10.2 Å². The van der Waals surface area contributed by atoms with E-state index in [0.717, 1.165) is 31.2 Å². The van der Waals surface area contributed by atoms with E-state index >= 15 is 0 Å². The lowest BCUT2D eigenvalue weighted by molar-refractivity contribution is 0.0595. The van der Waals surface area contributed by atoms with E-state index < -0.39 is 0 Å². The molecule has 0 amide bonds. The first kappa shape index (κ1) is 22.0. The molecule has 0 aliphatic heterocycles. The standard InChI is InChI=1S/C25H40O2/c1-6-8-9-10-14-25(4,5)19-12-13-22(24(27)16-19)23-17-20(26)15-18(3)21(23)11-7-2/h7,12-13,16,18,20-21,23,26-27H,2,6,8-11,14-15,17H2,1,3-5H3/t18-,20-,21-,23-/m1/s1. The van der Waals surface area contributed by atoms with E-state index in [4.69, 9.17) is 0 Å². The highest BCUT2D eigenvalue weighted by Gasteiger charge is 2.36. The summed E-state index contributed by atoms with van der Waals surface area (Å²) in [6.07, 6.45) is 10.4. The fraction of sp³-hybridized carbons (Fsp3) is 0.680. The molecular weight excluding hydrogens is 332 g/mol. The normalized spacial score (nSPS) is 26.1. The van der Waals surface area contributed by atoms with Crippen molar-refractivity contribution in [2.24, 2.45) is 11.8 Å². The molecule has 1 aliphatic rings. The van der Waals surface area contributed by atoms with Crippen LogP contribution in [0.2, 0.25) is 0 Å². The van der Waals surface area contributed by atoms with E-state index in [2.05, 4.69) is 46.4 Å². The van der Waals surface area contributed by atoms with E-state index in [1.807, 2.05) is 12.1 Å². The Labute approximate surface area is 166 Å². The Kier molecular flexibility index (Phi) is 7.97. The summed E-state index contributed by atoms with van der Waals surface area (Å²) in [6, 6.07) is 6.29. The van der Waals surface area contributed by atoms with Crippen LogP contribution >= 0.6 is 0 Å². The molecule has 2 nitrogen and oxygen atoms in total. The lowest BCUT2D eigenvalue weighted by Crippen LogP contribution is -2.32. The van der Waals surface area contributed by atoms with Gasteiger partial charge in [-0.3, -0.25) is 0 Å². The average molecular weight is 373 g/mol. The maximum Gasteiger partial charge on any atom is 0.119 e. The molecule has 1 aliphatic carbocycles. The molecule has 0 aromatic heterocycles. The van der Waals surface area contributed by atoms with Crippen LogP contribution in [0.25, 0.3) is 0 Å². The highest BCUT2D eigenvalue weighted by Crippen LogP contribution is 2.46. The zero-order valence-electron chi connectivity index (χ0n) is 17.9. The van der Waals surface area contributed by atoms with Crippen molar-refractivity contribution in [2.45, 2.75) is 96.5 Å². The number of benzene rings is 1. The average Bonchev–Trinajstić information content (AvgIpc) is 2.61. The number of allylic oxidation sites excluding steroid dienone is 1. The Morgan fingerprint density at radius 3 is 2.56 bits per heavy atom. The van der Waals surface area contributed by atoms with Crippen molar-refractivity contribution in [2.75, 3.05) is 0 Å². The molecule has 0 unspecified atom stereocenters. The van der Waals surface area contributed by atoms with Crippen LogP contribution in [0.1, 0.15) is 96.1 Å². The number of rotatable bonds is 9. The molecule has 1 fully saturated rings. The molecular formula is C25H40O2. The van der Waals surface area contributed by atoms with Crippen LogP contribution in [-0.4, -0.2) is 16.3 Å². The van der Waals surface area contributed by atoms with Gasteiger partial charge in [0.25, 0.3) is 0 Å². The summed E-state index contributed by atoms with van der Waals surface area (Å²) in [4.78, 5) is 0. The van der Waals surface area contributed by atoms with E-state index in [-0.39, 0.29) is 17.4 Å². The van der Waals surface area contributed by atoms with Crippen molar-refractivity contribution in [1.82, 2.24) is 0 Å². The summed E-state index contributed by atoms with van der Waals surface area (Å²) >= 11 is 0. The largest absolute Gasteiger partial charge is 0.508 e. The molecule has 27 heavy (non-hydrogen) atoms. The minimum absolute atomic E-state index is 0.0731. The van der Waals surface area contributed by atoms with Crippen LogP contribution in [0.4, 0.5) is 0 Å². The number of aliphatic hydroxyl groups is 1. The predicted molar refractivity (Wildman–Crippen MR) is 115 cm³/mol. The van der Waals surface area contributed by atoms with Crippen molar-refractivity contribution in [3.63, 3.8) is 0 Å². The lowest BCUT2D eigenvalue weighted by atomic mass is 9.67. The Balaban J connectivity index is 2.20. The third-order valence-corrected chi connectivity index (χ3v) is 6.72. The van der Waals surface area contributed by atoms with Crippen molar-refractivity contribution >= 4 is 0 Å². The predicted octanol–water partition coefficient (Wildman–Crippen LogP) is 6.71. The summed E-state index contributed by atoms with van der Waals surface area (Å²) in [5.74, 6) is 1.47. The van der Waals surface area contributed by atoms with Gasteiger partial charge in [0.1, 0.15) is 5.75 Å². The molecule has 0 bridgehead atoms. The lowest BCUT2D eigenvalue weighted by Gasteiger charge is -2.39. The highest BCUT2D eigenvalue weighted by molar-refractivity contribution is 5.42. The summed E-state index contributed by atoms with van der Waals surface area (Å²) < 4.78 is 0. The maximum atomic E-state index is 10.9. The molecule has 0 heterocycles. The third-order valence-electron chi connectivity index (χ3n) is 6.72. The van der Waals surface area contributed by atoms with E-state index in [0.29, 0.717) is 17.6 Å². The molecule has 152 valence electrons. The second-order valence-electron chi connectivity index (χ2n) is 9.37. The number of aromatic hydroxyl groups is 1. The molecule has 0 spiro atoms. The molecule has 2 rings (SSSR count). The van der Waals surface area contributed by atoms with Crippen molar-refractivity contribution in [3.05, 3.63) is 42.0 Å². The number of hydrogen-bond acceptors (Lipinski definition) is 2. The van der Waals surface area contributed by atoms with Gasteiger partial charge in [-0.1, -0.05) is 71.6 Å². The summed E-state index contributed by atoms with van der Waals surface area (Å²) in [7, 11) is 0. The molecule has 1 aromatic carbocycles. The van der Waals surface area contributed by atoms with Crippen LogP contribution in [0, 0.1) is 11.8 Å². The summed E-state index contributed by atoms with van der Waals surface area (Å²) in [6.45, 7) is 12.9. The molecule has 4 atom stereocenters. The smallest absolute Gasteiger partial charge is 0.119 e. The van der Waals surface area contributed by atoms with Gasteiger partial charge in [0.2, 0.25) is 0 Å². The number of hydrogen-bond donors (Lipinski definition) is 2. The van der Waals surface area contributed by atoms with Crippen LogP contribution < -0.4 is 0 Å². The van der Waals surface area contributed by atoms with E-state index in [9.17, 15) is 10.2 Å². The van der Waals surface area contributed by atoms with Gasteiger partial charge >= 0.3 is 0 Å². The summed E-state index contributed by atoms with van der Waals surface area (Å²) in [5, 5.41) is 21.2. The molecule has 2 N–H and O–H groups in total. The van der Waals surface area contributed by atoms with Gasteiger partial charge in [0, 0.05) is 0 Å². The molecule has 1 saturated carbocycles. The first-order valence-electron chi connectivity index (χ1n) is 10.9. The number of phenols is 1. The number of aliphatic hydroxyl groups excluding tert-OH is 1. The topological polar surface area (TPSA) is 40.5 Å². The first-order valence-corrected chi connectivity index (χ1v) is 10.9. The van der Waals surface area contributed by atoms with Crippen molar-refractivity contribution in [1.29, 1.82) is 0 Å². The zero-order chi connectivity index (χ0) is 20.0. The second-order valence-corrected chi connectivity index (χ2v) is 9.37. The van der Waals surface area contributed by atoms with Crippen LogP contribution in [0.15, 0.2) is 30.9 Å². The first-order chi connectivity index (χ1) is 12.8. The Bertz CT molecular complexity index is 604. The van der Waals surface area contributed by atoms with E-state index in [1.54, 1.807) is 0 Å². The van der Waals surface area contributed by atoms with Crippen LogP contribution in [0.3, 0.4) is 0 Å². The Morgan fingerprint density at radius 2 is 1.93 bits per heavy atom. The quantitative estimate of drug-likeness (QED) is 0.374. The van der Waals surface area contributed by atoms with Gasteiger partial charge in [-0.05, 0) is 66.0 Å². The van der Waals surface area contributed by atoms with Gasteiger partial charge < -0.3 is 10.2 Å². The fourth-order valence-corrected chi connectivity index (χ4v) is 4.93.